The molecule has 0 aliphatic carbocycles. The third-order valence-corrected chi connectivity index (χ3v) is 7.66. The molecule has 44 heavy (non-hydrogen) atoms. The highest BCUT2D eigenvalue weighted by Crippen LogP contribution is 2.28. The van der Waals surface area contributed by atoms with E-state index in [1.807, 2.05) is 0 Å². The fourth-order valence-corrected chi connectivity index (χ4v) is 5.00. The van der Waals surface area contributed by atoms with Crippen LogP contribution in [0.3, 0.4) is 0 Å². The standard InChI is InChI=1S/C26H51NO10.C2HF3O2/c1-2-3-4-5-6-7-8-9-10-11-12-13-14-27-19-17(15-28)35-25(23(33)21(19)31)37-26-24(34)22(32)20(30)18(16-29)36-26;3-2(4,5)1(6)7/h17-34H,2-16H2,1H3;(H,6,7)/t17-,18-,19-,20-,21+,22+,23-,24-,25-,26-;/m1./s1. The first kappa shape index (κ1) is 40.8. The van der Waals surface area contributed by atoms with E-state index in [2.05, 4.69) is 12.2 Å². The van der Waals surface area contributed by atoms with Crippen LogP contribution in [-0.4, -0.2) is 134 Å². The number of aliphatic hydroxyl groups excluding tert-OH is 7. The van der Waals surface area contributed by atoms with Crippen molar-refractivity contribution in [1.29, 1.82) is 0 Å². The Bertz CT molecular complexity index is 764. The molecule has 0 saturated carbocycles. The van der Waals surface area contributed by atoms with Gasteiger partial charge in [-0.3, -0.25) is 0 Å². The Labute approximate surface area is 255 Å². The molecule has 262 valence electrons. The minimum atomic E-state index is -5.08. The Morgan fingerprint density at radius 1 is 0.682 bits per heavy atom. The summed E-state index contributed by atoms with van der Waals surface area (Å²) in [7, 11) is 0. The van der Waals surface area contributed by atoms with Crippen molar-refractivity contribution in [3.8, 4) is 0 Å². The summed E-state index contributed by atoms with van der Waals surface area (Å²) in [6.07, 6.45) is -3.13. The van der Waals surface area contributed by atoms with Crippen LogP contribution in [0.5, 0.6) is 0 Å². The lowest BCUT2D eigenvalue weighted by Gasteiger charge is -2.45. The normalized spacial score (nSPS) is 32.6. The minimum absolute atomic E-state index is 0.450. The summed E-state index contributed by atoms with van der Waals surface area (Å²) in [6, 6.07) is -0.734. The fourth-order valence-electron chi connectivity index (χ4n) is 5.00. The summed E-state index contributed by atoms with van der Waals surface area (Å²) in [4.78, 5) is 8.90. The van der Waals surface area contributed by atoms with Crippen LogP contribution in [0.15, 0.2) is 0 Å². The predicted molar refractivity (Wildman–Crippen MR) is 149 cm³/mol. The molecule has 0 unspecified atom stereocenters. The van der Waals surface area contributed by atoms with Gasteiger partial charge in [-0.05, 0) is 13.0 Å². The zero-order valence-electron chi connectivity index (χ0n) is 25.2. The van der Waals surface area contributed by atoms with Gasteiger partial charge < -0.3 is 60.4 Å². The summed E-state index contributed by atoms with van der Waals surface area (Å²) in [5.74, 6) is -2.76. The largest absolute Gasteiger partial charge is 0.490 e. The van der Waals surface area contributed by atoms with Crippen LogP contribution in [0.2, 0.25) is 0 Å². The topological polar surface area (TPSA) is 219 Å². The molecule has 0 spiro atoms. The lowest BCUT2D eigenvalue weighted by molar-refractivity contribution is -0.370. The Morgan fingerprint density at radius 3 is 1.52 bits per heavy atom. The van der Waals surface area contributed by atoms with Crippen LogP contribution in [0.25, 0.3) is 0 Å². The molecule has 2 aliphatic heterocycles. The van der Waals surface area contributed by atoms with Crippen LogP contribution in [-0.2, 0) is 19.0 Å². The van der Waals surface area contributed by atoms with E-state index in [1.165, 1.54) is 57.8 Å². The van der Waals surface area contributed by atoms with E-state index >= 15 is 0 Å². The van der Waals surface area contributed by atoms with E-state index in [1.54, 1.807) is 0 Å². The second-order valence-electron chi connectivity index (χ2n) is 11.2. The van der Waals surface area contributed by atoms with Gasteiger partial charge in [-0.25, -0.2) is 4.79 Å². The average Bonchev–Trinajstić information content (AvgIpc) is 2.98. The molecule has 0 aromatic carbocycles. The van der Waals surface area contributed by atoms with Gasteiger partial charge in [0.1, 0.15) is 42.7 Å². The summed E-state index contributed by atoms with van der Waals surface area (Å²) in [6.45, 7) is 1.74. The van der Waals surface area contributed by atoms with E-state index in [0.717, 1.165) is 19.3 Å². The third-order valence-electron chi connectivity index (χ3n) is 7.66. The van der Waals surface area contributed by atoms with Gasteiger partial charge in [0.25, 0.3) is 0 Å². The molecule has 2 rings (SSSR count). The number of ether oxygens (including phenoxy) is 3. The number of unbranched alkanes of at least 4 members (excludes halogenated alkanes) is 11. The predicted octanol–water partition coefficient (Wildman–Crippen LogP) is 0.535. The zero-order valence-corrected chi connectivity index (χ0v) is 25.2. The fraction of sp³-hybridized carbons (Fsp3) is 0.964. The summed E-state index contributed by atoms with van der Waals surface area (Å²) in [5, 5.41) is 80.6. The van der Waals surface area contributed by atoms with Crippen molar-refractivity contribution >= 4 is 5.97 Å². The molecule has 9 N–H and O–H groups in total. The lowest BCUT2D eigenvalue weighted by Crippen LogP contribution is -2.66. The number of carbonyl (C=O) groups is 1. The summed E-state index contributed by atoms with van der Waals surface area (Å²) >= 11 is 0. The second kappa shape index (κ2) is 21.6. The molecule has 0 aromatic rings. The van der Waals surface area contributed by atoms with Crippen molar-refractivity contribution in [3.05, 3.63) is 0 Å². The molecule has 16 heteroatoms. The van der Waals surface area contributed by atoms with E-state index < -0.39 is 86.7 Å². The van der Waals surface area contributed by atoms with Crippen LogP contribution >= 0.6 is 0 Å². The van der Waals surface area contributed by atoms with Gasteiger partial charge in [-0.15, -0.1) is 0 Å². The smallest absolute Gasteiger partial charge is 0.475 e. The quantitative estimate of drug-likeness (QED) is 0.0926. The highest BCUT2D eigenvalue weighted by molar-refractivity contribution is 5.73. The first-order valence-electron chi connectivity index (χ1n) is 15.4. The highest BCUT2D eigenvalue weighted by atomic mass is 19.4. The van der Waals surface area contributed by atoms with E-state index in [4.69, 9.17) is 24.1 Å². The number of carboxylic acids is 1. The van der Waals surface area contributed by atoms with E-state index in [0.29, 0.717) is 6.54 Å². The number of rotatable bonds is 18. The van der Waals surface area contributed by atoms with Gasteiger partial charge in [-0.2, -0.15) is 13.2 Å². The molecule has 2 saturated heterocycles. The Balaban J connectivity index is 0.00000123. The summed E-state index contributed by atoms with van der Waals surface area (Å²) < 4.78 is 48.1. The molecule has 2 heterocycles. The number of alkyl halides is 3. The van der Waals surface area contributed by atoms with Gasteiger partial charge >= 0.3 is 12.1 Å². The number of nitrogens with one attached hydrogen (secondary N) is 1. The van der Waals surface area contributed by atoms with Crippen LogP contribution in [0.1, 0.15) is 84.0 Å². The first-order chi connectivity index (χ1) is 20.8. The molecule has 13 nitrogen and oxygen atoms in total. The number of hydrogen-bond donors (Lipinski definition) is 9. The molecule has 0 aromatic heterocycles. The molecule has 0 amide bonds. The van der Waals surface area contributed by atoms with Crippen molar-refractivity contribution in [2.75, 3.05) is 19.8 Å². The van der Waals surface area contributed by atoms with Gasteiger partial charge in [0, 0.05) is 0 Å². The van der Waals surface area contributed by atoms with E-state index in [-0.39, 0.29) is 0 Å². The van der Waals surface area contributed by atoms with Crippen molar-refractivity contribution in [2.45, 2.75) is 151 Å². The van der Waals surface area contributed by atoms with Crippen LogP contribution in [0, 0.1) is 0 Å². The van der Waals surface area contributed by atoms with E-state index in [9.17, 15) is 48.9 Å². The first-order valence-corrected chi connectivity index (χ1v) is 15.4. The maximum Gasteiger partial charge on any atom is 0.490 e. The molecule has 0 bridgehead atoms. The van der Waals surface area contributed by atoms with Gasteiger partial charge in [0.15, 0.2) is 12.6 Å². The zero-order chi connectivity index (χ0) is 33.3. The number of halogens is 3. The molecular weight excluding hydrogens is 599 g/mol. The third kappa shape index (κ3) is 14.1. The molecule has 2 fully saturated rings. The Kier molecular flexibility index (Phi) is 20.0. The molecule has 2 aliphatic rings. The maximum absolute atomic E-state index is 10.7. The SMILES string of the molecule is CCCCCCCCCCCCCCN[C@H]1[C@H](O)[C@@H](O)[C@@H](O[C@H]2O[C@H](CO)[C@@H](O)[C@H](O)[C@H]2O)O[C@@H]1CO.O=C(O)C(F)(F)F. The molecular formula is C28H52F3NO12. The van der Waals surface area contributed by atoms with Gasteiger partial charge in [-0.1, -0.05) is 77.6 Å². The summed E-state index contributed by atoms with van der Waals surface area (Å²) in [5.41, 5.74) is 0. The monoisotopic (exact) mass is 651 g/mol. The highest BCUT2D eigenvalue weighted by Gasteiger charge is 2.49. The number of aliphatic hydroxyl groups is 7. The maximum atomic E-state index is 10.7. The second-order valence-corrected chi connectivity index (χ2v) is 11.2. The Hall–Kier alpha value is -1.18. The molecule has 10 atom stereocenters. The molecule has 0 radical (unpaired) electrons. The van der Waals surface area contributed by atoms with Crippen molar-refractivity contribution in [3.63, 3.8) is 0 Å². The van der Waals surface area contributed by atoms with Gasteiger partial charge in [0.05, 0.1) is 19.3 Å². The van der Waals surface area contributed by atoms with Crippen molar-refractivity contribution in [2.24, 2.45) is 0 Å². The number of aliphatic carboxylic acids is 1. The van der Waals surface area contributed by atoms with Crippen molar-refractivity contribution in [1.82, 2.24) is 5.32 Å². The Morgan fingerprint density at radius 2 is 1.09 bits per heavy atom. The number of hydrogen-bond acceptors (Lipinski definition) is 12. The van der Waals surface area contributed by atoms with Crippen LogP contribution in [0.4, 0.5) is 13.2 Å². The van der Waals surface area contributed by atoms with Crippen molar-refractivity contribution < 1.29 is 73.0 Å². The average molecular weight is 652 g/mol. The lowest BCUT2D eigenvalue weighted by atomic mass is 9.95. The minimum Gasteiger partial charge on any atom is -0.475 e. The van der Waals surface area contributed by atoms with Gasteiger partial charge in [0.2, 0.25) is 0 Å². The van der Waals surface area contributed by atoms with Crippen LogP contribution < -0.4 is 5.32 Å². The number of carboxylic acid groups (broad SMARTS) is 1.